The van der Waals surface area contributed by atoms with Gasteiger partial charge in [0.25, 0.3) is 5.91 Å². The molecule has 2 aliphatic rings. The van der Waals surface area contributed by atoms with Crippen molar-refractivity contribution in [3.05, 3.63) is 47.5 Å². The fourth-order valence-corrected chi connectivity index (χ4v) is 4.32. The van der Waals surface area contributed by atoms with Crippen LogP contribution in [0.4, 0.5) is 9.18 Å². The predicted octanol–water partition coefficient (Wildman–Crippen LogP) is 2.81. The highest BCUT2D eigenvalue weighted by molar-refractivity contribution is 5.92. The van der Waals surface area contributed by atoms with Gasteiger partial charge in [-0.25, -0.2) is 9.18 Å². The third-order valence-corrected chi connectivity index (χ3v) is 6.09. The lowest BCUT2D eigenvalue weighted by atomic mass is 10.00. The van der Waals surface area contributed by atoms with Crippen LogP contribution in [0.3, 0.4) is 0 Å². The number of piperidine rings is 1. The monoisotopic (exact) mass is 428 g/mol. The zero-order valence-electron chi connectivity index (χ0n) is 17.7. The lowest BCUT2D eigenvalue weighted by Crippen LogP contribution is -2.48. The van der Waals surface area contributed by atoms with E-state index in [2.05, 4.69) is 15.6 Å². The molecule has 1 N–H and O–H groups in total. The molecule has 31 heavy (non-hydrogen) atoms. The Morgan fingerprint density at radius 2 is 1.81 bits per heavy atom. The lowest BCUT2D eigenvalue weighted by molar-refractivity contribution is 0.0787. The number of carbonyl (C=O) groups is 2. The molecule has 0 radical (unpaired) electrons. The van der Waals surface area contributed by atoms with Crippen molar-refractivity contribution in [3.8, 4) is 0 Å². The van der Waals surface area contributed by atoms with E-state index in [0.717, 1.165) is 63.7 Å². The molecule has 3 amide bonds. The van der Waals surface area contributed by atoms with Crippen LogP contribution in [0.1, 0.15) is 54.6 Å². The zero-order valence-corrected chi connectivity index (χ0v) is 17.7. The minimum atomic E-state index is -0.287. The number of hydrogen-bond acceptors (Lipinski definition) is 4. The molecule has 1 aromatic heterocycles. The Morgan fingerprint density at radius 3 is 2.58 bits per heavy atom. The molecule has 2 fully saturated rings. The quantitative estimate of drug-likeness (QED) is 0.767. The Kier molecular flexibility index (Phi) is 6.79. The van der Waals surface area contributed by atoms with Crippen molar-refractivity contribution in [2.45, 2.75) is 57.7 Å². The first-order valence-electron chi connectivity index (χ1n) is 11.1. The summed E-state index contributed by atoms with van der Waals surface area (Å²) in [6, 6.07) is 6.16. The molecule has 166 valence electrons. The number of nitrogens with one attached hydrogen (secondary N) is 1. The van der Waals surface area contributed by atoms with Gasteiger partial charge in [-0.3, -0.25) is 9.48 Å². The molecule has 1 atom stereocenters. The number of urea groups is 1. The molecule has 9 heteroatoms. The van der Waals surface area contributed by atoms with Crippen molar-refractivity contribution >= 4 is 11.9 Å². The van der Waals surface area contributed by atoms with E-state index in [4.69, 9.17) is 0 Å². The van der Waals surface area contributed by atoms with E-state index >= 15 is 0 Å². The maximum Gasteiger partial charge on any atom is 0.317 e. The smallest absolute Gasteiger partial charge is 0.317 e. The van der Waals surface area contributed by atoms with Crippen molar-refractivity contribution in [1.29, 1.82) is 0 Å². The Balaban J connectivity index is 1.30. The Hall–Kier alpha value is -2.97. The fourth-order valence-electron chi connectivity index (χ4n) is 4.32. The highest BCUT2D eigenvalue weighted by Gasteiger charge is 2.27. The summed E-state index contributed by atoms with van der Waals surface area (Å²) in [5, 5.41) is 11.1. The molecule has 3 heterocycles. The molecule has 2 aromatic rings. The van der Waals surface area contributed by atoms with Gasteiger partial charge in [-0.1, -0.05) is 17.3 Å². The predicted molar refractivity (Wildman–Crippen MR) is 113 cm³/mol. The Bertz CT molecular complexity index is 894. The average molecular weight is 429 g/mol. The molecule has 0 spiro atoms. The summed E-state index contributed by atoms with van der Waals surface area (Å²) in [7, 11) is 0. The van der Waals surface area contributed by atoms with Crippen molar-refractivity contribution in [1.82, 2.24) is 30.1 Å². The van der Waals surface area contributed by atoms with E-state index in [1.807, 2.05) is 9.80 Å². The summed E-state index contributed by atoms with van der Waals surface area (Å²) in [4.78, 5) is 28.9. The van der Waals surface area contributed by atoms with E-state index < -0.39 is 0 Å². The molecule has 0 bridgehead atoms. The highest BCUT2D eigenvalue weighted by atomic mass is 19.1. The van der Waals surface area contributed by atoms with Gasteiger partial charge in [0.2, 0.25) is 0 Å². The summed E-state index contributed by atoms with van der Waals surface area (Å²) in [6.45, 7) is 3.27. The second-order valence-corrected chi connectivity index (χ2v) is 8.28. The van der Waals surface area contributed by atoms with Crippen LogP contribution >= 0.6 is 0 Å². The molecular formula is C22H29FN6O2. The minimum absolute atomic E-state index is 0.0526. The molecule has 4 rings (SSSR count). The SMILES string of the molecule is O=C(c1cn(CCC2CCCCN2C(=O)NCc2ccc(F)cc2)nn1)N1CCCC1. The molecule has 0 aliphatic carbocycles. The lowest BCUT2D eigenvalue weighted by Gasteiger charge is -2.35. The topological polar surface area (TPSA) is 83.4 Å². The maximum absolute atomic E-state index is 13.0. The Labute approximate surface area is 181 Å². The van der Waals surface area contributed by atoms with Gasteiger partial charge in [-0.2, -0.15) is 0 Å². The van der Waals surface area contributed by atoms with Crippen molar-refractivity contribution in [3.63, 3.8) is 0 Å². The van der Waals surface area contributed by atoms with Crippen molar-refractivity contribution in [2.75, 3.05) is 19.6 Å². The number of halogens is 1. The first-order chi connectivity index (χ1) is 15.1. The summed E-state index contributed by atoms with van der Waals surface area (Å²) in [6.07, 6.45) is 7.56. The molecule has 8 nitrogen and oxygen atoms in total. The fraction of sp³-hybridized carbons (Fsp3) is 0.545. The third kappa shape index (κ3) is 5.39. The van der Waals surface area contributed by atoms with E-state index in [-0.39, 0.29) is 23.8 Å². The molecule has 0 saturated carbocycles. The number of hydrogen-bond donors (Lipinski definition) is 1. The number of aryl methyl sites for hydroxylation is 1. The van der Waals surface area contributed by atoms with Crippen LogP contribution < -0.4 is 5.32 Å². The molecule has 2 saturated heterocycles. The Morgan fingerprint density at radius 1 is 1.06 bits per heavy atom. The summed E-state index contributed by atoms with van der Waals surface area (Å²) < 4.78 is 14.7. The summed E-state index contributed by atoms with van der Waals surface area (Å²) in [5.41, 5.74) is 1.25. The van der Waals surface area contributed by atoms with Crippen molar-refractivity contribution in [2.24, 2.45) is 0 Å². The van der Waals surface area contributed by atoms with Gasteiger partial charge in [0.1, 0.15) is 5.82 Å². The van der Waals surface area contributed by atoms with Crippen LogP contribution in [0.15, 0.2) is 30.5 Å². The molecule has 1 aromatic carbocycles. The largest absolute Gasteiger partial charge is 0.337 e. The number of aromatic nitrogens is 3. The molecule has 2 aliphatic heterocycles. The van der Waals surface area contributed by atoms with E-state index in [1.165, 1.54) is 12.1 Å². The second-order valence-electron chi connectivity index (χ2n) is 8.28. The summed E-state index contributed by atoms with van der Waals surface area (Å²) >= 11 is 0. The zero-order chi connectivity index (χ0) is 21.6. The van der Waals surface area contributed by atoms with E-state index in [0.29, 0.717) is 18.8 Å². The minimum Gasteiger partial charge on any atom is -0.337 e. The average Bonchev–Trinajstić information content (AvgIpc) is 3.49. The highest BCUT2D eigenvalue weighted by Crippen LogP contribution is 2.21. The van der Waals surface area contributed by atoms with Gasteiger partial charge in [-0.05, 0) is 56.2 Å². The second kappa shape index (κ2) is 9.89. The van der Waals surface area contributed by atoms with Gasteiger partial charge in [-0.15, -0.1) is 5.10 Å². The number of rotatable bonds is 6. The first-order valence-corrected chi connectivity index (χ1v) is 11.1. The number of carbonyl (C=O) groups excluding carboxylic acids is 2. The number of likely N-dealkylation sites (tertiary alicyclic amines) is 2. The van der Waals surface area contributed by atoms with Crippen LogP contribution in [-0.4, -0.2) is 62.4 Å². The maximum atomic E-state index is 13.0. The summed E-state index contributed by atoms with van der Waals surface area (Å²) in [5.74, 6) is -0.340. The van der Waals surface area contributed by atoms with Gasteiger partial charge in [0.05, 0.1) is 6.20 Å². The normalized spacial score (nSPS) is 18.9. The first kappa shape index (κ1) is 21.3. The van der Waals surface area contributed by atoms with Gasteiger partial charge < -0.3 is 15.1 Å². The van der Waals surface area contributed by atoms with Crippen molar-refractivity contribution < 1.29 is 14.0 Å². The van der Waals surface area contributed by atoms with Gasteiger partial charge >= 0.3 is 6.03 Å². The standard InChI is InChI=1S/C22H29FN6O2/c23-18-8-6-17(7-9-18)15-24-22(31)29-13-2-1-5-19(29)10-14-28-16-20(25-26-28)21(30)27-11-3-4-12-27/h6-9,16,19H,1-5,10-15H2,(H,24,31). The van der Waals surface area contributed by atoms with Crippen LogP contribution in [0.5, 0.6) is 0 Å². The van der Waals surface area contributed by atoms with E-state index in [1.54, 1.807) is 23.0 Å². The number of benzene rings is 1. The van der Waals surface area contributed by atoms with E-state index in [9.17, 15) is 14.0 Å². The molecule has 1 unspecified atom stereocenters. The van der Waals surface area contributed by atoms with Crippen LogP contribution in [0.25, 0.3) is 0 Å². The molecular weight excluding hydrogens is 399 g/mol. The van der Waals surface area contributed by atoms with Gasteiger partial charge in [0.15, 0.2) is 5.69 Å². The van der Waals surface area contributed by atoms with Crippen LogP contribution in [-0.2, 0) is 13.1 Å². The van der Waals surface area contributed by atoms with Gasteiger partial charge in [0, 0.05) is 38.8 Å². The number of amides is 3. The van der Waals surface area contributed by atoms with Crippen LogP contribution in [0.2, 0.25) is 0 Å². The third-order valence-electron chi connectivity index (χ3n) is 6.09. The van der Waals surface area contributed by atoms with Crippen LogP contribution in [0, 0.1) is 5.82 Å². The number of nitrogens with zero attached hydrogens (tertiary/aromatic N) is 5.